The summed E-state index contributed by atoms with van der Waals surface area (Å²) in [6.07, 6.45) is 0. The minimum Gasteiger partial charge on any atom is -0.325 e. The Morgan fingerprint density at radius 2 is 1.50 bits per heavy atom. The Kier molecular flexibility index (Phi) is 7.69. The fourth-order valence-corrected chi connectivity index (χ4v) is 3.74. The van der Waals surface area contributed by atoms with Crippen LogP contribution in [0.15, 0.2) is 84.9 Å². The van der Waals surface area contributed by atoms with Gasteiger partial charge in [0.05, 0.1) is 17.5 Å². The third-order valence-electron chi connectivity index (χ3n) is 4.66. The Bertz CT molecular complexity index is 959. The molecule has 0 aliphatic heterocycles. The van der Waals surface area contributed by atoms with Crippen LogP contribution >= 0.6 is 11.8 Å². The average molecular weight is 419 g/mol. The summed E-state index contributed by atoms with van der Waals surface area (Å²) in [6.45, 7) is 4.35. The van der Waals surface area contributed by atoms with Gasteiger partial charge in [0.25, 0.3) is 0 Å². The molecule has 0 aliphatic rings. The maximum atomic E-state index is 13.2. The van der Waals surface area contributed by atoms with Crippen molar-refractivity contribution < 1.29 is 9.59 Å². The first-order chi connectivity index (χ1) is 14.5. The number of carbonyl (C=O) groups is 2. The largest absolute Gasteiger partial charge is 0.325 e. The van der Waals surface area contributed by atoms with Gasteiger partial charge in [-0.1, -0.05) is 66.2 Å². The second kappa shape index (κ2) is 10.6. The zero-order valence-electron chi connectivity index (χ0n) is 17.2. The highest BCUT2D eigenvalue weighted by atomic mass is 32.2. The number of rotatable bonds is 8. The zero-order valence-corrected chi connectivity index (χ0v) is 18.1. The van der Waals surface area contributed by atoms with Crippen LogP contribution in [0.25, 0.3) is 0 Å². The van der Waals surface area contributed by atoms with E-state index < -0.39 is 0 Å². The van der Waals surface area contributed by atoms with E-state index >= 15 is 0 Å². The maximum absolute atomic E-state index is 13.2. The average Bonchev–Trinajstić information content (AvgIpc) is 2.78. The van der Waals surface area contributed by atoms with Gasteiger partial charge in [-0.05, 0) is 43.7 Å². The summed E-state index contributed by atoms with van der Waals surface area (Å²) in [4.78, 5) is 27.3. The SMILES string of the molecule is Cc1ccc(NC(=O)CSC(C)C(=O)N(Cc2ccccc2)c2ccccc2)cc1. The number of thioether (sulfide) groups is 1. The van der Waals surface area contributed by atoms with Crippen molar-refractivity contribution in [3.8, 4) is 0 Å². The molecule has 1 atom stereocenters. The molecule has 154 valence electrons. The lowest BCUT2D eigenvalue weighted by Crippen LogP contribution is -2.36. The van der Waals surface area contributed by atoms with E-state index in [4.69, 9.17) is 0 Å². The van der Waals surface area contributed by atoms with E-state index in [1.165, 1.54) is 11.8 Å². The molecule has 4 nitrogen and oxygen atoms in total. The fourth-order valence-electron chi connectivity index (χ4n) is 3.00. The van der Waals surface area contributed by atoms with Crippen molar-refractivity contribution >= 4 is 35.0 Å². The predicted molar refractivity (Wildman–Crippen MR) is 126 cm³/mol. The summed E-state index contributed by atoms with van der Waals surface area (Å²) in [5.74, 6) is 0.0883. The molecule has 0 aromatic heterocycles. The van der Waals surface area contributed by atoms with E-state index in [9.17, 15) is 9.59 Å². The highest BCUT2D eigenvalue weighted by Gasteiger charge is 2.23. The van der Waals surface area contributed by atoms with Gasteiger partial charge in [0.15, 0.2) is 0 Å². The first-order valence-electron chi connectivity index (χ1n) is 9.91. The Morgan fingerprint density at radius 1 is 0.900 bits per heavy atom. The number of para-hydroxylation sites is 1. The smallest absolute Gasteiger partial charge is 0.240 e. The summed E-state index contributed by atoms with van der Waals surface area (Å²) in [5, 5.41) is 2.53. The molecule has 0 bridgehead atoms. The normalized spacial score (nSPS) is 11.5. The molecule has 2 amide bonds. The fraction of sp³-hybridized carbons (Fsp3) is 0.200. The van der Waals surface area contributed by atoms with Gasteiger partial charge in [0.2, 0.25) is 11.8 Å². The lowest BCUT2D eigenvalue weighted by atomic mass is 10.2. The van der Waals surface area contributed by atoms with Crippen LogP contribution in [-0.2, 0) is 16.1 Å². The topological polar surface area (TPSA) is 49.4 Å². The summed E-state index contributed by atoms with van der Waals surface area (Å²) in [5.41, 5.74) is 3.81. The van der Waals surface area contributed by atoms with Crippen LogP contribution in [0.4, 0.5) is 11.4 Å². The number of carbonyl (C=O) groups excluding carboxylic acids is 2. The van der Waals surface area contributed by atoms with Gasteiger partial charge in [-0.3, -0.25) is 9.59 Å². The highest BCUT2D eigenvalue weighted by Crippen LogP contribution is 2.22. The third kappa shape index (κ3) is 6.22. The van der Waals surface area contributed by atoms with Gasteiger partial charge in [0.1, 0.15) is 0 Å². The van der Waals surface area contributed by atoms with Crippen molar-refractivity contribution in [3.63, 3.8) is 0 Å². The summed E-state index contributed by atoms with van der Waals surface area (Å²) >= 11 is 1.35. The highest BCUT2D eigenvalue weighted by molar-refractivity contribution is 8.01. The zero-order chi connectivity index (χ0) is 21.3. The van der Waals surface area contributed by atoms with E-state index in [0.717, 1.165) is 22.5 Å². The quantitative estimate of drug-likeness (QED) is 0.541. The monoisotopic (exact) mass is 418 g/mol. The summed E-state index contributed by atoms with van der Waals surface area (Å²) < 4.78 is 0. The van der Waals surface area contributed by atoms with Gasteiger partial charge >= 0.3 is 0 Å². The van der Waals surface area contributed by atoms with E-state index in [2.05, 4.69) is 5.32 Å². The molecule has 0 radical (unpaired) electrons. The molecule has 0 fully saturated rings. The first-order valence-corrected chi connectivity index (χ1v) is 11.0. The Morgan fingerprint density at radius 3 is 2.13 bits per heavy atom. The van der Waals surface area contributed by atoms with Crippen LogP contribution in [0.5, 0.6) is 0 Å². The minimum atomic E-state index is -0.349. The van der Waals surface area contributed by atoms with E-state index in [1.807, 2.05) is 98.8 Å². The van der Waals surface area contributed by atoms with Crippen molar-refractivity contribution in [2.24, 2.45) is 0 Å². The molecule has 30 heavy (non-hydrogen) atoms. The molecule has 0 aliphatic carbocycles. The van der Waals surface area contributed by atoms with E-state index in [-0.39, 0.29) is 22.8 Å². The number of anilines is 2. The molecule has 0 saturated carbocycles. The molecule has 3 aromatic rings. The maximum Gasteiger partial charge on any atom is 0.240 e. The van der Waals surface area contributed by atoms with Gasteiger partial charge in [-0.2, -0.15) is 0 Å². The molecule has 1 unspecified atom stereocenters. The number of nitrogens with zero attached hydrogens (tertiary/aromatic N) is 1. The summed E-state index contributed by atoms with van der Waals surface area (Å²) in [7, 11) is 0. The van der Waals surface area contributed by atoms with E-state index in [0.29, 0.717) is 6.54 Å². The lowest BCUT2D eigenvalue weighted by molar-refractivity contribution is -0.118. The predicted octanol–water partition coefficient (Wildman–Crippen LogP) is 5.29. The molecule has 3 aromatic carbocycles. The number of hydrogen-bond donors (Lipinski definition) is 1. The molecular formula is C25H26N2O2S. The standard InChI is InChI=1S/C25H26N2O2S/c1-19-13-15-22(16-14-19)26-24(28)18-30-20(2)25(29)27(23-11-7-4-8-12-23)17-21-9-5-3-6-10-21/h3-16,20H,17-18H2,1-2H3,(H,26,28). The van der Waals surface area contributed by atoms with E-state index in [1.54, 1.807) is 4.90 Å². The first kappa shape index (κ1) is 21.7. The summed E-state index contributed by atoms with van der Waals surface area (Å²) in [6, 6.07) is 27.2. The number of aryl methyl sites for hydroxylation is 1. The molecule has 0 spiro atoms. The second-order valence-corrected chi connectivity index (χ2v) is 8.44. The van der Waals surface area contributed by atoms with Crippen molar-refractivity contribution in [2.45, 2.75) is 25.6 Å². The van der Waals surface area contributed by atoms with Gasteiger partial charge in [-0.15, -0.1) is 11.8 Å². The Balaban J connectivity index is 1.63. The van der Waals surface area contributed by atoms with Crippen LogP contribution in [0.2, 0.25) is 0 Å². The molecule has 3 rings (SSSR count). The molecule has 0 heterocycles. The second-order valence-electron chi connectivity index (χ2n) is 7.11. The van der Waals surface area contributed by atoms with Gasteiger partial charge in [0, 0.05) is 11.4 Å². The van der Waals surface area contributed by atoms with Crippen molar-refractivity contribution in [1.29, 1.82) is 0 Å². The number of nitrogens with one attached hydrogen (secondary N) is 1. The van der Waals surface area contributed by atoms with Gasteiger partial charge in [-0.25, -0.2) is 0 Å². The molecular weight excluding hydrogens is 392 g/mol. The van der Waals surface area contributed by atoms with Crippen molar-refractivity contribution in [1.82, 2.24) is 0 Å². The molecule has 1 N–H and O–H groups in total. The molecule has 5 heteroatoms. The van der Waals surface area contributed by atoms with Crippen LogP contribution in [-0.4, -0.2) is 22.8 Å². The van der Waals surface area contributed by atoms with Crippen molar-refractivity contribution in [3.05, 3.63) is 96.1 Å². The number of amides is 2. The third-order valence-corrected chi connectivity index (χ3v) is 5.80. The molecule has 0 saturated heterocycles. The van der Waals surface area contributed by atoms with Crippen LogP contribution in [0.3, 0.4) is 0 Å². The van der Waals surface area contributed by atoms with Gasteiger partial charge < -0.3 is 10.2 Å². The Hall–Kier alpha value is -3.05. The van der Waals surface area contributed by atoms with Crippen LogP contribution in [0, 0.1) is 6.92 Å². The number of hydrogen-bond acceptors (Lipinski definition) is 3. The van der Waals surface area contributed by atoms with Crippen LogP contribution in [0.1, 0.15) is 18.1 Å². The lowest BCUT2D eigenvalue weighted by Gasteiger charge is -2.26. The minimum absolute atomic E-state index is 0.0156. The number of benzene rings is 3. The Labute approximate surface area is 182 Å². The van der Waals surface area contributed by atoms with Crippen LogP contribution < -0.4 is 10.2 Å². The van der Waals surface area contributed by atoms with Crippen molar-refractivity contribution in [2.75, 3.05) is 16.0 Å².